The Labute approximate surface area is 102 Å². The third-order valence-corrected chi connectivity index (χ3v) is 1.96. The van der Waals surface area contributed by atoms with Gasteiger partial charge in [0.25, 0.3) is 0 Å². The van der Waals surface area contributed by atoms with Crippen molar-refractivity contribution in [2.45, 2.75) is 52.3 Å². The molecule has 0 aromatic carbocycles. The van der Waals surface area contributed by atoms with Gasteiger partial charge in [0, 0.05) is 6.04 Å². The molecule has 0 fully saturated rings. The van der Waals surface area contributed by atoms with E-state index in [2.05, 4.69) is 0 Å². The van der Waals surface area contributed by atoms with Crippen LogP contribution in [0.25, 0.3) is 0 Å². The van der Waals surface area contributed by atoms with Crippen molar-refractivity contribution < 1.29 is 19.4 Å². The molecule has 1 amide bonds. The van der Waals surface area contributed by atoms with Gasteiger partial charge in [-0.25, -0.2) is 4.79 Å². The first-order valence-electron chi connectivity index (χ1n) is 5.52. The summed E-state index contributed by atoms with van der Waals surface area (Å²) in [4.78, 5) is 23.8. The number of nitrogens with two attached hydrogens (primary N) is 1. The molecule has 0 radical (unpaired) electrons. The van der Waals surface area contributed by atoms with Crippen LogP contribution >= 0.6 is 0 Å². The van der Waals surface area contributed by atoms with Crippen LogP contribution in [0.2, 0.25) is 0 Å². The summed E-state index contributed by atoms with van der Waals surface area (Å²) in [6.07, 6.45) is -0.552. The Morgan fingerprint density at radius 1 is 1.35 bits per heavy atom. The first-order chi connectivity index (χ1) is 7.54. The van der Waals surface area contributed by atoms with Gasteiger partial charge in [-0.1, -0.05) is 0 Å². The van der Waals surface area contributed by atoms with Gasteiger partial charge < -0.3 is 20.5 Å². The molecular weight excluding hydrogens is 224 g/mol. The minimum Gasteiger partial charge on any atom is -0.480 e. The SMILES string of the molecule is CC(C)N(CC(N)C(=O)O)C(=O)OC(C)(C)C. The number of carbonyl (C=O) groups excluding carboxylic acids is 1. The van der Waals surface area contributed by atoms with Gasteiger partial charge in [0.05, 0.1) is 6.54 Å². The molecule has 0 aliphatic heterocycles. The Hall–Kier alpha value is -1.30. The minimum absolute atomic E-state index is 0.0675. The standard InChI is InChI=1S/C11H22N2O4/c1-7(2)13(6-8(12)9(14)15)10(16)17-11(3,4)5/h7-8H,6,12H2,1-5H3,(H,14,15). The molecule has 0 aromatic rings. The highest BCUT2D eigenvalue weighted by Gasteiger charge is 2.27. The van der Waals surface area contributed by atoms with Crippen molar-refractivity contribution in [2.75, 3.05) is 6.54 Å². The van der Waals surface area contributed by atoms with Crippen LogP contribution in [-0.2, 0) is 9.53 Å². The van der Waals surface area contributed by atoms with Crippen molar-refractivity contribution in [3.05, 3.63) is 0 Å². The van der Waals surface area contributed by atoms with E-state index >= 15 is 0 Å². The highest BCUT2D eigenvalue weighted by atomic mass is 16.6. The van der Waals surface area contributed by atoms with E-state index in [0.717, 1.165) is 0 Å². The lowest BCUT2D eigenvalue weighted by molar-refractivity contribution is -0.138. The molecule has 6 nitrogen and oxygen atoms in total. The molecule has 0 saturated carbocycles. The Morgan fingerprint density at radius 3 is 2.12 bits per heavy atom. The third kappa shape index (κ3) is 6.11. The molecule has 0 aromatic heterocycles. The number of ether oxygens (including phenoxy) is 1. The molecule has 1 atom stereocenters. The maximum absolute atomic E-state index is 11.8. The van der Waals surface area contributed by atoms with Crippen LogP contribution in [0.5, 0.6) is 0 Å². The molecule has 0 bridgehead atoms. The minimum atomic E-state index is -1.14. The summed E-state index contributed by atoms with van der Waals surface area (Å²) < 4.78 is 5.18. The van der Waals surface area contributed by atoms with Crippen LogP contribution in [0.1, 0.15) is 34.6 Å². The Kier molecular flexibility index (Phi) is 5.41. The number of carboxylic acid groups (broad SMARTS) is 1. The van der Waals surface area contributed by atoms with E-state index in [1.165, 1.54) is 4.90 Å². The van der Waals surface area contributed by atoms with Crippen molar-refractivity contribution in [1.29, 1.82) is 0 Å². The summed E-state index contributed by atoms with van der Waals surface area (Å²) in [6.45, 7) is 8.74. The molecule has 6 heteroatoms. The van der Waals surface area contributed by atoms with Crippen molar-refractivity contribution in [2.24, 2.45) is 5.73 Å². The molecule has 0 spiro atoms. The van der Waals surface area contributed by atoms with Gasteiger partial charge >= 0.3 is 12.1 Å². The van der Waals surface area contributed by atoms with Crippen LogP contribution in [0, 0.1) is 0 Å². The number of carbonyl (C=O) groups is 2. The van der Waals surface area contributed by atoms with Crippen molar-refractivity contribution in [1.82, 2.24) is 4.90 Å². The van der Waals surface area contributed by atoms with E-state index in [1.54, 1.807) is 34.6 Å². The second-order valence-electron chi connectivity index (χ2n) is 5.17. The molecular formula is C11H22N2O4. The highest BCUT2D eigenvalue weighted by molar-refractivity contribution is 5.75. The lowest BCUT2D eigenvalue weighted by atomic mass is 10.2. The largest absolute Gasteiger partial charge is 0.480 e. The van der Waals surface area contributed by atoms with Crippen molar-refractivity contribution in [3.8, 4) is 0 Å². The monoisotopic (exact) mass is 246 g/mol. The molecule has 17 heavy (non-hydrogen) atoms. The maximum atomic E-state index is 11.8. The molecule has 100 valence electrons. The number of carboxylic acids is 1. The Morgan fingerprint density at radius 2 is 1.82 bits per heavy atom. The molecule has 0 heterocycles. The Bertz CT molecular complexity index is 284. The fourth-order valence-corrected chi connectivity index (χ4v) is 1.11. The molecule has 0 saturated heterocycles. The molecule has 0 aliphatic carbocycles. The highest BCUT2D eigenvalue weighted by Crippen LogP contribution is 2.12. The number of rotatable bonds is 4. The van der Waals surface area contributed by atoms with Crippen LogP contribution < -0.4 is 5.73 Å². The predicted octanol–water partition coefficient (Wildman–Crippen LogP) is 1.04. The quantitative estimate of drug-likeness (QED) is 0.773. The first-order valence-corrected chi connectivity index (χ1v) is 5.52. The van der Waals surface area contributed by atoms with Gasteiger partial charge in [-0.15, -0.1) is 0 Å². The van der Waals surface area contributed by atoms with Crippen molar-refractivity contribution >= 4 is 12.1 Å². The number of nitrogens with zero attached hydrogens (tertiary/aromatic N) is 1. The zero-order valence-corrected chi connectivity index (χ0v) is 11.1. The van der Waals surface area contributed by atoms with Gasteiger partial charge in [0.1, 0.15) is 11.6 Å². The first kappa shape index (κ1) is 15.7. The van der Waals surface area contributed by atoms with E-state index in [0.29, 0.717) is 0 Å². The summed E-state index contributed by atoms with van der Waals surface area (Å²) in [5, 5.41) is 8.72. The number of aliphatic carboxylic acids is 1. The van der Waals surface area contributed by atoms with Gasteiger partial charge in [-0.2, -0.15) is 0 Å². The average molecular weight is 246 g/mol. The zero-order chi connectivity index (χ0) is 13.8. The molecule has 0 rings (SSSR count). The van der Waals surface area contributed by atoms with E-state index in [1.807, 2.05) is 0 Å². The number of hydrogen-bond donors (Lipinski definition) is 2. The third-order valence-electron chi connectivity index (χ3n) is 1.96. The van der Waals surface area contributed by atoms with Crippen LogP contribution in [0.4, 0.5) is 4.79 Å². The second-order valence-corrected chi connectivity index (χ2v) is 5.17. The lowest BCUT2D eigenvalue weighted by Gasteiger charge is -2.31. The van der Waals surface area contributed by atoms with E-state index in [9.17, 15) is 9.59 Å². The van der Waals surface area contributed by atoms with Gasteiger partial charge in [0.2, 0.25) is 0 Å². The van der Waals surface area contributed by atoms with Gasteiger partial charge in [0.15, 0.2) is 0 Å². The molecule has 3 N–H and O–H groups in total. The van der Waals surface area contributed by atoms with Crippen LogP contribution in [0.15, 0.2) is 0 Å². The maximum Gasteiger partial charge on any atom is 0.410 e. The summed E-state index contributed by atoms with van der Waals surface area (Å²) >= 11 is 0. The average Bonchev–Trinajstić information content (AvgIpc) is 2.09. The lowest BCUT2D eigenvalue weighted by Crippen LogP contribution is -2.49. The van der Waals surface area contributed by atoms with E-state index in [4.69, 9.17) is 15.6 Å². The summed E-state index contributed by atoms with van der Waals surface area (Å²) in [5.41, 5.74) is 4.79. The summed E-state index contributed by atoms with van der Waals surface area (Å²) in [6, 6.07) is -1.28. The van der Waals surface area contributed by atoms with Gasteiger partial charge in [-0.05, 0) is 34.6 Å². The number of hydrogen-bond acceptors (Lipinski definition) is 4. The fraction of sp³-hybridized carbons (Fsp3) is 0.818. The molecule has 0 aliphatic rings. The van der Waals surface area contributed by atoms with Crippen LogP contribution in [-0.4, -0.2) is 46.3 Å². The smallest absolute Gasteiger partial charge is 0.410 e. The normalized spacial score (nSPS) is 13.4. The van der Waals surface area contributed by atoms with Crippen molar-refractivity contribution in [3.63, 3.8) is 0 Å². The predicted molar refractivity (Wildman–Crippen MR) is 63.7 cm³/mol. The molecule has 1 unspecified atom stereocenters. The fourth-order valence-electron chi connectivity index (χ4n) is 1.11. The van der Waals surface area contributed by atoms with Crippen LogP contribution in [0.3, 0.4) is 0 Å². The topological polar surface area (TPSA) is 92.9 Å². The van der Waals surface area contributed by atoms with E-state index < -0.39 is 23.7 Å². The second kappa shape index (κ2) is 5.86. The van der Waals surface area contributed by atoms with E-state index in [-0.39, 0.29) is 12.6 Å². The summed E-state index contributed by atoms with van der Waals surface area (Å²) in [7, 11) is 0. The Balaban J connectivity index is 4.64. The number of amides is 1. The zero-order valence-electron chi connectivity index (χ0n) is 11.1. The van der Waals surface area contributed by atoms with Gasteiger partial charge in [-0.3, -0.25) is 4.79 Å². The summed E-state index contributed by atoms with van der Waals surface area (Å²) in [5.74, 6) is -1.14.